The van der Waals surface area contributed by atoms with E-state index in [2.05, 4.69) is 44.8 Å². The van der Waals surface area contributed by atoms with Gasteiger partial charge in [0.25, 0.3) is 0 Å². The molecule has 2 heterocycles. The highest BCUT2D eigenvalue weighted by atomic mass is 16.5. The van der Waals surface area contributed by atoms with Crippen LogP contribution in [-0.4, -0.2) is 28.3 Å². The molecule has 1 aromatic carbocycles. The number of H-pyrrole nitrogens is 1. The lowest BCUT2D eigenvalue weighted by molar-refractivity contribution is 0.0823. The fraction of sp³-hybridized carbons (Fsp3) is 0.385. The summed E-state index contributed by atoms with van der Waals surface area (Å²) >= 11 is 0. The average Bonchev–Trinajstić information content (AvgIpc) is 2.92. The Morgan fingerprint density at radius 2 is 2.33 bits per heavy atom. The highest BCUT2D eigenvalue weighted by Crippen LogP contribution is 2.24. The van der Waals surface area contributed by atoms with E-state index in [1.807, 2.05) is 0 Å². The molecule has 0 saturated carbocycles. The van der Waals surface area contributed by atoms with Crippen LogP contribution in [0.15, 0.2) is 30.6 Å². The third kappa shape index (κ3) is 2.42. The van der Waals surface area contributed by atoms with Crippen LogP contribution in [0, 0.1) is 0 Å². The zero-order valence-electron chi connectivity index (χ0n) is 10.1. The second kappa shape index (κ2) is 5.29. The monoisotopic (exact) mass is 244 g/mol. The Labute approximate surface area is 106 Å². The number of benzene rings is 1. The van der Waals surface area contributed by atoms with Crippen molar-refractivity contribution < 1.29 is 4.74 Å². The van der Waals surface area contributed by atoms with Gasteiger partial charge >= 0.3 is 0 Å². The zero-order chi connectivity index (χ0) is 12.2. The van der Waals surface area contributed by atoms with Crippen molar-refractivity contribution in [3.8, 4) is 0 Å². The van der Waals surface area contributed by atoms with E-state index in [1.165, 1.54) is 17.5 Å². The molecule has 94 valence electrons. The number of hydrogen-bond acceptors (Lipinski definition) is 4. The zero-order valence-corrected chi connectivity index (χ0v) is 10.1. The molecule has 2 N–H and O–H groups in total. The first-order valence-electron chi connectivity index (χ1n) is 6.16. The first-order valence-corrected chi connectivity index (χ1v) is 6.16. The van der Waals surface area contributed by atoms with Gasteiger partial charge in [-0.2, -0.15) is 5.10 Å². The van der Waals surface area contributed by atoms with E-state index in [4.69, 9.17) is 4.74 Å². The number of aromatic amines is 1. The minimum absolute atomic E-state index is 0.276. The van der Waals surface area contributed by atoms with Gasteiger partial charge in [-0.3, -0.25) is 5.10 Å². The van der Waals surface area contributed by atoms with Gasteiger partial charge in [0.15, 0.2) is 0 Å². The molecular formula is C13H16N4O. The molecule has 1 aliphatic rings. The lowest BCUT2D eigenvalue weighted by Gasteiger charge is -2.26. The summed E-state index contributed by atoms with van der Waals surface area (Å²) in [5.74, 6) is 0.910. The molecule has 2 aromatic rings. The summed E-state index contributed by atoms with van der Waals surface area (Å²) in [5, 5.41) is 10.2. The number of fused-ring (bicyclic) bond motifs is 1. The molecule has 1 aromatic heterocycles. The van der Waals surface area contributed by atoms with Gasteiger partial charge in [-0.25, -0.2) is 4.98 Å². The van der Waals surface area contributed by atoms with Crippen molar-refractivity contribution in [2.45, 2.75) is 19.1 Å². The summed E-state index contributed by atoms with van der Waals surface area (Å²) in [5.41, 5.74) is 2.63. The predicted octanol–water partition coefficient (Wildman–Crippen LogP) is 1.21. The smallest absolute Gasteiger partial charge is 0.137 e. The summed E-state index contributed by atoms with van der Waals surface area (Å²) < 4.78 is 5.60. The van der Waals surface area contributed by atoms with Crippen molar-refractivity contribution in [1.82, 2.24) is 20.5 Å². The molecule has 0 amide bonds. The van der Waals surface area contributed by atoms with Crippen molar-refractivity contribution in [1.29, 1.82) is 0 Å². The Kier molecular flexibility index (Phi) is 3.34. The van der Waals surface area contributed by atoms with Crippen LogP contribution in [0.1, 0.15) is 23.0 Å². The number of nitrogens with one attached hydrogen (secondary N) is 2. The van der Waals surface area contributed by atoms with Crippen LogP contribution in [-0.2, 0) is 17.8 Å². The van der Waals surface area contributed by atoms with Gasteiger partial charge in [-0.15, -0.1) is 0 Å². The van der Waals surface area contributed by atoms with Crippen molar-refractivity contribution in [2.75, 3.05) is 13.2 Å². The normalized spacial score (nSPS) is 18.6. The fourth-order valence-electron chi connectivity index (χ4n) is 2.27. The number of ether oxygens (including phenoxy) is 1. The van der Waals surface area contributed by atoms with Gasteiger partial charge < -0.3 is 10.1 Å². The molecule has 0 fully saturated rings. The van der Waals surface area contributed by atoms with E-state index < -0.39 is 0 Å². The van der Waals surface area contributed by atoms with Crippen molar-refractivity contribution in [3.05, 3.63) is 47.5 Å². The molecule has 0 spiro atoms. The Bertz CT molecular complexity index is 497. The highest BCUT2D eigenvalue weighted by molar-refractivity contribution is 5.31. The number of nitrogens with zero attached hydrogens (tertiary/aromatic N) is 2. The number of rotatable bonds is 4. The molecule has 5 heteroatoms. The van der Waals surface area contributed by atoms with Gasteiger partial charge in [-0.05, 0) is 11.1 Å². The van der Waals surface area contributed by atoms with E-state index >= 15 is 0 Å². The number of aromatic nitrogens is 3. The summed E-state index contributed by atoms with van der Waals surface area (Å²) in [6.07, 6.45) is 2.38. The molecule has 0 radical (unpaired) electrons. The Morgan fingerprint density at radius 3 is 3.22 bits per heavy atom. The minimum atomic E-state index is 0.276. The molecule has 3 rings (SSSR count). The Morgan fingerprint density at radius 1 is 1.39 bits per heavy atom. The number of hydrogen-bond donors (Lipinski definition) is 2. The molecule has 18 heavy (non-hydrogen) atoms. The summed E-state index contributed by atoms with van der Waals surface area (Å²) in [6, 6.07) is 8.70. The predicted molar refractivity (Wildman–Crippen MR) is 66.9 cm³/mol. The van der Waals surface area contributed by atoms with E-state index in [-0.39, 0.29) is 6.04 Å². The van der Waals surface area contributed by atoms with Crippen molar-refractivity contribution >= 4 is 0 Å². The maximum atomic E-state index is 5.60. The van der Waals surface area contributed by atoms with Crippen LogP contribution in [0.3, 0.4) is 0 Å². The molecule has 5 nitrogen and oxygen atoms in total. The summed E-state index contributed by atoms with van der Waals surface area (Å²) in [4.78, 5) is 4.11. The molecule has 1 atom stereocenters. The molecule has 0 aliphatic carbocycles. The fourth-order valence-corrected chi connectivity index (χ4v) is 2.27. The SMILES string of the molecule is c1ccc2c(c1)COCC2NCCc1ncn[nH]1. The maximum Gasteiger partial charge on any atom is 0.137 e. The lowest BCUT2D eigenvalue weighted by Crippen LogP contribution is -2.31. The third-order valence-electron chi connectivity index (χ3n) is 3.19. The largest absolute Gasteiger partial charge is 0.375 e. The van der Waals surface area contributed by atoms with Crippen LogP contribution in [0.5, 0.6) is 0 Å². The van der Waals surface area contributed by atoms with Crippen LogP contribution in [0.4, 0.5) is 0 Å². The summed E-state index contributed by atoms with van der Waals surface area (Å²) in [6.45, 7) is 2.31. The molecule has 1 unspecified atom stereocenters. The maximum absolute atomic E-state index is 5.60. The minimum Gasteiger partial charge on any atom is -0.375 e. The standard InChI is InChI=1S/C13H16N4O/c1-2-4-11-10(3-1)7-18-8-12(11)14-6-5-13-15-9-16-17-13/h1-4,9,12,14H,5-8H2,(H,15,16,17). The van der Waals surface area contributed by atoms with Crippen molar-refractivity contribution in [3.63, 3.8) is 0 Å². The molecule has 0 bridgehead atoms. The average molecular weight is 244 g/mol. The van der Waals surface area contributed by atoms with E-state index in [0.717, 1.165) is 32.0 Å². The molecule has 1 aliphatic heterocycles. The van der Waals surface area contributed by atoms with Crippen LogP contribution in [0.25, 0.3) is 0 Å². The third-order valence-corrected chi connectivity index (χ3v) is 3.19. The van der Waals surface area contributed by atoms with E-state index in [9.17, 15) is 0 Å². The van der Waals surface area contributed by atoms with Crippen molar-refractivity contribution in [2.24, 2.45) is 0 Å². The van der Waals surface area contributed by atoms with Gasteiger partial charge in [0, 0.05) is 13.0 Å². The van der Waals surface area contributed by atoms with Gasteiger partial charge in [0.2, 0.25) is 0 Å². The van der Waals surface area contributed by atoms with Gasteiger partial charge in [0.05, 0.1) is 19.3 Å². The lowest BCUT2D eigenvalue weighted by atomic mass is 9.99. The van der Waals surface area contributed by atoms with E-state index in [1.54, 1.807) is 0 Å². The summed E-state index contributed by atoms with van der Waals surface area (Å²) in [7, 11) is 0. The van der Waals surface area contributed by atoms with E-state index in [0.29, 0.717) is 0 Å². The van der Waals surface area contributed by atoms with Crippen LogP contribution >= 0.6 is 0 Å². The second-order valence-electron chi connectivity index (χ2n) is 4.40. The first-order chi connectivity index (χ1) is 8.93. The Balaban J connectivity index is 1.60. The second-order valence-corrected chi connectivity index (χ2v) is 4.40. The Hall–Kier alpha value is -1.72. The van der Waals surface area contributed by atoms with Crippen LogP contribution < -0.4 is 5.32 Å². The van der Waals surface area contributed by atoms with Gasteiger partial charge in [0.1, 0.15) is 12.2 Å². The van der Waals surface area contributed by atoms with Crippen LogP contribution in [0.2, 0.25) is 0 Å². The molecule has 0 saturated heterocycles. The van der Waals surface area contributed by atoms with Gasteiger partial charge in [-0.1, -0.05) is 24.3 Å². The molecular weight excluding hydrogens is 228 g/mol. The topological polar surface area (TPSA) is 62.8 Å². The first kappa shape index (κ1) is 11.4. The highest BCUT2D eigenvalue weighted by Gasteiger charge is 2.19. The quantitative estimate of drug-likeness (QED) is 0.848.